The van der Waals surface area contributed by atoms with Gasteiger partial charge < -0.3 is 30.3 Å². The van der Waals surface area contributed by atoms with Crippen molar-refractivity contribution in [2.45, 2.75) is 68.7 Å². The summed E-state index contributed by atoms with van der Waals surface area (Å²) in [5, 5.41) is 26.5. The molecule has 1 aliphatic heterocycles. The lowest BCUT2D eigenvalue weighted by atomic mass is 9.81. The maximum Gasteiger partial charge on any atom is 0.424 e. The van der Waals surface area contributed by atoms with Crippen molar-refractivity contribution in [1.82, 2.24) is 20.6 Å². The number of ether oxygens (including phenoxy) is 2. The zero-order chi connectivity index (χ0) is 36.9. The molecule has 2 amide bonds. The predicted molar refractivity (Wildman–Crippen MR) is 174 cm³/mol. The standard InChI is InChI=1S/C36H35F5N4O6/c1-33(2,48)26(38)16-43-32(47)34(3)18-50-30-24(34)15-27(45-29(30)19-6-8-22(37)9-7-19)35(49,36(39,40)41)17-44-31(46)21-13-20-5-4-12-42-28(20)25(14-21)51-23-10-11-23/h4-9,12-15,23,26,48-49H,10-11,16-18H2,1-3H3,(H,43,47)(H,44,46)/t26-,34+,35?/m1/s1. The molecule has 2 aromatic heterocycles. The zero-order valence-electron chi connectivity index (χ0n) is 27.8. The number of fused-ring (bicyclic) bond motifs is 2. The molecule has 1 unspecified atom stereocenters. The number of aliphatic hydroxyl groups is 2. The van der Waals surface area contributed by atoms with Crippen LogP contribution in [0.2, 0.25) is 0 Å². The Morgan fingerprint density at radius 1 is 1.08 bits per heavy atom. The maximum absolute atomic E-state index is 15.0. The first-order chi connectivity index (χ1) is 23.9. The molecule has 1 aliphatic carbocycles. The highest BCUT2D eigenvalue weighted by atomic mass is 19.4. The molecule has 0 bridgehead atoms. The minimum Gasteiger partial charge on any atom is -0.489 e. The van der Waals surface area contributed by atoms with E-state index in [4.69, 9.17) is 9.47 Å². The summed E-state index contributed by atoms with van der Waals surface area (Å²) < 4.78 is 85.1. The SMILES string of the molecule is CC(C)(O)[C@H](F)CNC(=O)[C@@]1(C)COc2c1cc(C(O)(CNC(=O)c1cc(OC3CC3)c3ncccc3c1)C(F)(F)F)nc2-c1ccc(F)cc1. The Bertz CT molecular complexity index is 1980. The Labute approximate surface area is 289 Å². The van der Waals surface area contributed by atoms with Crippen molar-refractivity contribution in [2.75, 3.05) is 19.7 Å². The predicted octanol–water partition coefficient (Wildman–Crippen LogP) is 5.03. The molecule has 3 heterocycles. The van der Waals surface area contributed by atoms with Crippen LogP contribution in [-0.2, 0) is 15.8 Å². The first-order valence-corrected chi connectivity index (χ1v) is 16.1. The van der Waals surface area contributed by atoms with E-state index >= 15 is 0 Å². The summed E-state index contributed by atoms with van der Waals surface area (Å²) in [5.41, 5.74) is -8.16. The van der Waals surface area contributed by atoms with Gasteiger partial charge in [-0.25, -0.2) is 13.8 Å². The van der Waals surface area contributed by atoms with E-state index in [0.29, 0.717) is 10.9 Å². The highest BCUT2D eigenvalue weighted by molar-refractivity contribution is 6.00. The first-order valence-electron chi connectivity index (χ1n) is 16.1. The van der Waals surface area contributed by atoms with Gasteiger partial charge in [0.25, 0.3) is 5.91 Å². The number of aromatic nitrogens is 2. The van der Waals surface area contributed by atoms with Crippen LogP contribution < -0.4 is 20.1 Å². The van der Waals surface area contributed by atoms with Crippen molar-refractivity contribution in [3.8, 4) is 22.8 Å². The van der Waals surface area contributed by atoms with E-state index in [1.807, 2.05) is 0 Å². The van der Waals surface area contributed by atoms with Crippen LogP contribution in [0.25, 0.3) is 22.2 Å². The van der Waals surface area contributed by atoms with Crippen LogP contribution in [0.1, 0.15) is 55.2 Å². The van der Waals surface area contributed by atoms with E-state index < -0.39 is 72.0 Å². The third-order valence-corrected chi connectivity index (χ3v) is 9.05. The Balaban J connectivity index is 1.38. The quantitative estimate of drug-likeness (QED) is 0.159. The molecule has 0 radical (unpaired) electrons. The van der Waals surface area contributed by atoms with Crippen LogP contribution in [0, 0.1) is 5.82 Å². The van der Waals surface area contributed by atoms with Gasteiger partial charge in [-0.2, -0.15) is 13.2 Å². The topological polar surface area (TPSA) is 143 Å². The molecule has 2 aromatic carbocycles. The van der Waals surface area contributed by atoms with Crippen molar-refractivity contribution in [1.29, 1.82) is 0 Å². The molecule has 1 saturated carbocycles. The maximum atomic E-state index is 15.0. The molecule has 0 spiro atoms. The van der Waals surface area contributed by atoms with E-state index in [1.54, 1.807) is 18.3 Å². The fraction of sp³-hybridized carbons (Fsp3) is 0.389. The van der Waals surface area contributed by atoms with Gasteiger partial charge in [-0.3, -0.25) is 14.6 Å². The highest BCUT2D eigenvalue weighted by Gasteiger charge is 2.58. The molecule has 1 fully saturated rings. The molecule has 4 N–H and O–H groups in total. The molecule has 15 heteroatoms. The lowest BCUT2D eigenvalue weighted by molar-refractivity contribution is -0.265. The molecular formula is C36H35F5N4O6. The summed E-state index contributed by atoms with van der Waals surface area (Å²) in [5.74, 6) is -2.26. The smallest absolute Gasteiger partial charge is 0.424 e. The van der Waals surface area contributed by atoms with Crippen molar-refractivity contribution in [3.63, 3.8) is 0 Å². The number of halogens is 5. The number of pyridine rings is 2. The fourth-order valence-corrected chi connectivity index (χ4v) is 5.61. The van der Waals surface area contributed by atoms with Crippen LogP contribution in [-0.4, -0.2) is 75.7 Å². The first kappa shape index (κ1) is 35.9. The average Bonchev–Trinajstić information content (AvgIpc) is 3.84. The van der Waals surface area contributed by atoms with Crippen LogP contribution in [0.4, 0.5) is 22.0 Å². The second kappa shape index (κ2) is 13.0. The second-order valence-electron chi connectivity index (χ2n) is 13.6. The Kier molecular flexibility index (Phi) is 9.17. The summed E-state index contributed by atoms with van der Waals surface area (Å²) in [6, 6.07) is 11.5. The van der Waals surface area contributed by atoms with Gasteiger partial charge in [0.05, 0.1) is 30.5 Å². The normalized spacial score (nSPS) is 19.1. The molecule has 10 nitrogen and oxygen atoms in total. The van der Waals surface area contributed by atoms with Crippen LogP contribution in [0.15, 0.2) is 60.8 Å². The summed E-state index contributed by atoms with van der Waals surface area (Å²) in [7, 11) is 0. The van der Waals surface area contributed by atoms with Crippen molar-refractivity contribution in [3.05, 3.63) is 83.4 Å². The van der Waals surface area contributed by atoms with E-state index in [2.05, 4.69) is 20.6 Å². The molecule has 4 aromatic rings. The van der Waals surface area contributed by atoms with Crippen LogP contribution >= 0.6 is 0 Å². The third kappa shape index (κ3) is 7.04. The number of hydrogen-bond acceptors (Lipinski definition) is 8. The summed E-state index contributed by atoms with van der Waals surface area (Å²) in [4.78, 5) is 35.3. The second-order valence-corrected chi connectivity index (χ2v) is 13.6. The monoisotopic (exact) mass is 714 g/mol. The third-order valence-electron chi connectivity index (χ3n) is 9.05. The summed E-state index contributed by atoms with van der Waals surface area (Å²) in [6.45, 7) is 1.35. The van der Waals surface area contributed by atoms with Gasteiger partial charge in [0.1, 0.15) is 46.7 Å². The molecule has 6 rings (SSSR count). The minimum atomic E-state index is -5.43. The fourth-order valence-electron chi connectivity index (χ4n) is 5.61. The Morgan fingerprint density at radius 2 is 1.78 bits per heavy atom. The molecule has 3 atom stereocenters. The molecule has 0 saturated heterocycles. The number of carbonyl (C=O) groups excluding carboxylic acids is 2. The van der Waals surface area contributed by atoms with Gasteiger partial charge in [-0.1, -0.05) is 6.07 Å². The summed E-state index contributed by atoms with van der Waals surface area (Å²) in [6.07, 6.45) is -4.23. The van der Waals surface area contributed by atoms with E-state index in [0.717, 1.165) is 31.0 Å². The average molecular weight is 715 g/mol. The number of alkyl halides is 4. The van der Waals surface area contributed by atoms with Gasteiger partial charge in [-0.05, 0) is 82.1 Å². The lowest BCUT2D eigenvalue weighted by Crippen LogP contribution is -2.52. The van der Waals surface area contributed by atoms with Gasteiger partial charge in [-0.15, -0.1) is 0 Å². The van der Waals surface area contributed by atoms with E-state index in [9.17, 15) is 41.8 Å². The van der Waals surface area contributed by atoms with Crippen molar-refractivity contribution >= 4 is 22.7 Å². The number of hydrogen-bond donors (Lipinski definition) is 4. The lowest BCUT2D eigenvalue weighted by Gasteiger charge is -2.32. The van der Waals surface area contributed by atoms with Gasteiger partial charge in [0.2, 0.25) is 11.5 Å². The van der Waals surface area contributed by atoms with Crippen LogP contribution in [0.3, 0.4) is 0 Å². The Hall–Kier alpha value is -4.89. The molecule has 270 valence electrons. The molecular weight excluding hydrogens is 679 g/mol. The van der Waals surface area contributed by atoms with Crippen molar-refractivity contribution < 1.29 is 51.2 Å². The number of carbonyl (C=O) groups is 2. The van der Waals surface area contributed by atoms with Gasteiger partial charge >= 0.3 is 6.18 Å². The minimum absolute atomic E-state index is 0.0422. The Morgan fingerprint density at radius 3 is 2.43 bits per heavy atom. The van der Waals surface area contributed by atoms with Gasteiger partial charge in [0, 0.05) is 28.3 Å². The number of nitrogens with one attached hydrogen (secondary N) is 2. The molecule has 2 aliphatic rings. The van der Waals surface area contributed by atoms with Crippen molar-refractivity contribution in [2.24, 2.45) is 0 Å². The zero-order valence-corrected chi connectivity index (χ0v) is 27.8. The largest absolute Gasteiger partial charge is 0.489 e. The van der Waals surface area contributed by atoms with E-state index in [-0.39, 0.29) is 40.0 Å². The van der Waals surface area contributed by atoms with Gasteiger partial charge in [0.15, 0.2) is 0 Å². The summed E-state index contributed by atoms with van der Waals surface area (Å²) >= 11 is 0. The number of nitrogens with zero attached hydrogens (tertiary/aromatic N) is 2. The number of benzene rings is 2. The molecule has 51 heavy (non-hydrogen) atoms. The van der Waals surface area contributed by atoms with E-state index in [1.165, 1.54) is 45.0 Å². The highest BCUT2D eigenvalue weighted by Crippen LogP contribution is 2.48. The number of amides is 2. The van der Waals surface area contributed by atoms with Crippen LogP contribution in [0.5, 0.6) is 11.5 Å². The number of rotatable bonds is 11.